The predicted molar refractivity (Wildman–Crippen MR) is 77.3 cm³/mol. The van der Waals surface area contributed by atoms with Crippen molar-refractivity contribution in [2.24, 2.45) is 0 Å². The highest BCUT2D eigenvalue weighted by atomic mass is 32.1. The first-order valence-corrected chi connectivity index (χ1v) is 6.83. The van der Waals surface area contributed by atoms with Crippen LogP contribution >= 0.6 is 11.3 Å². The number of aromatic nitrogens is 1. The molecule has 0 aliphatic carbocycles. The fourth-order valence-electron chi connectivity index (χ4n) is 2.22. The third kappa shape index (κ3) is 1.94. The number of rotatable bonds is 3. The molecule has 0 radical (unpaired) electrons. The Labute approximate surface area is 114 Å². The molecule has 0 amide bonds. The first-order valence-electron chi connectivity index (χ1n) is 5.95. The summed E-state index contributed by atoms with van der Waals surface area (Å²) in [6, 6.07) is 9.19. The van der Waals surface area contributed by atoms with E-state index in [-0.39, 0.29) is 5.78 Å². The molecule has 1 N–H and O–H groups in total. The van der Waals surface area contributed by atoms with Crippen molar-refractivity contribution in [1.29, 1.82) is 0 Å². The van der Waals surface area contributed by atoms with Crippen LogP contribution in [-0.2, 0) is 0 Å². The van der Waals surface area contributed by atoms with Gasteiger partial charge in [-0.25, -0.2) is 0 Å². The van der Waals surface area contributed by atoms with Crippen LogP contribution in [-0.4, -0.2) is 17.9 Å². The van der Waals surface area contributed by atoms with Gasteiger partial charge < -0.3 is 9.72 Å². The summed E-state index contributed by atoms with van der Waals surface area (Å²) < 4.78 is 5.11. The Morgan fingerprint density at radius 3 is 2.63 bits per heavy atom. The van der Waals surface area contributed by atoms with E-state index in [1.54, 1.807) is 42.7 Å². The Kier molecular flexibility index (Phi) is 2.87. The zero-order chi connectivity index (χ0) is 13.4. The molecule has 0 bridgehead atoms. The van der Waals surface area contributed by atoms with E-state index in [2.05, 4.69) is 4.98 Å². The van der Waals surface area contributed by atoms with Crippen LogP contribution in [0.4, 0.5) is 0 Å². The summed E-state index contributed by atoms with van der Waals surface area (Å²) in [5.74, 6) is 0.799. The molecule has 2 aromatic heterocycles. The smallest absolute Gasteiger partial charge is 0.195 e. The number of carbonyl (C=O) groups excluding carboxylic acids is 1. The van der Waals surface area contributed by atoms with Gasteiger partial charge in [0.15, 0.2) is 5.78 Å². The first-order chi connectivity index (χ1) is 9.20. The number of ether oxygens (including phenoxy) is 1. The number of hydrogen-bond acceptors (Lipinski definition) is 3. The van der Waals surface area contributed by atoms with Gasteiger partial charge in [0, 0.05) is 16.6 Å². The summed E-state index contributed by atoms with van der Waals surface area (Å²) in [4.78, 5) is 16.9. The Hall–Kier alpha value is -2.07. The van der Waals surface area contributed by atoms with Crippen molar-refractivity contribution in [2.75, 3.05) is 7.11 Å². The summed E-state index contributed by atoms with van der Waals surface area (Å²) in [7, 11) is 1.61. The number of nitrogens with one attached hydrogen (secondary N) is 1. The summed E-state index contributed by atoms with van der Waals surface area (Å²) >= 11 is 1.61. The number of ketones is 1. The molecule has 19 heavy (non-hydrogen) atoms. The average Bonchev–Trinajstić information content (AvgIpc) is 2.98. The minimum Gasteiger partial charge on any atom is -0.497 e. The molecule has 0 atom stereocenters. The SMILES string of the molecule is COc1ccc(C(=O)c2c(C)[nH]c3sccc23)cc1. The molecular weight excluding hydrogens is 258 g/mol. The van der Waals surface area contributed by atoms with Crippen molar-refractivity contribution < 1.29 is 9.53 Å². The second-order valence-electron chi connectivity index (χ2n) is 4.35. The Morgan fingerprint density at radius 2 is 1.95 bits per heavy atom. The zero-order valence-electron chi connectivity index (χ0n) is 10.7. The summed E-state index contributed by atoms with van der Waals surface area (Å²) in [6.45, 7) is 1.93. The van der Waals surface area contributed by atoms with Gasteiger partial charge in [-0.15, -0.1) is 11.3 Å². The summed E-state index contributed by atoms with van der Waals surface area (Å²) in [6.07, 6.45) is 0. The highest BCUT2D eigenvalue weighted by Crippen LogP contribution is 2.28. The predicted octanol–water partition coefficient (Wildman–Crippen LogP) is 3.78. The van der Waals surface area contributed by atoms with Crippen LogP contribution in [0.3, 0.4) is 0 Å². The molecule has 0 fully saturated rings. The van der Waals surface area contributed by atoms with E-state index in [1.165, 1.54) is 0 Å². The lowest BCUT2D eigenvalue weighted by Gasteiger charge is -2.03. The third-order valence-corrected chi connectivity index (χ3v) is 4.02. The van der Waals surface area contributed by atoms with Gasteiger partial charge in [-0.1, -0.05) is 0 Å². The number of thiophene rings is 1. The third-order valence-electron chi connectivity index (χ3n) is 3.19. The zero-order valence-corrected chi connectivity index (χ0v) is 11.5. The monoisotopic (exact) mass is 271 g/mol. The Morgan fingerprint density at radius 1 is 1.21 bits per heavy atom. The second-order valence-corrected chi connectivity index (χ2v) is 5.26. The van der Waals surface area contributed by atoms with E-state index in [9.17, 15) is 4.79 Å². The molecule has 3 rings (SSSR count). The van der Waals surface area contributed by atoms with Gasteiger partial charge in [-0.3, -0.25) is 4.79 Å². The maximum Gasteiger partial charge on any atom is 0.195 e. The van der Waals surface area contributed by atoms with Gasteiger partial charge in [0.05, 0.1) is 12.7 Å². The molecule has 4 heteroatoms. The molecule has 0 saturated carbocycles. The highest BCUT2D eigenvalue weighted by molar-refractivity contribution is 7.16. The van der Waals surface area contributed by atoms with Crippen molar-refractivity contribution in [3.05, 3.63) is 52.5 Å². The van der Waals surface area contributed by atoms with Crippen LogP contribution in [0, 0.1) is 6.92 Å². The maximum atomic E-state index is 12.6. The van der Waals surface area contributed by atoms with Crippen molar-refractivity contribution in [3.8, 4) is 5.75 Å². The molecule has 0 saturated heterocycles. The fourth-order valence-corrected chi connectivity index (χ4v) is 3.07. The number of hydrogen-bond donors (Lipinski definition) is 1. The lowest BCUT2D eigenvalue weighted by molar-refractivity contribution is 0.103. The van der Waals surface area contributed by atoms with Gasteiger partial charge in [0.25, 0.3) is 0 Å². The van der Waals surface area contributed by atoms with E-state index in [1.807, 2.05) is 18.4 Å². The lowest BCUT2D eigenvalue weighted by atomic mass is 10.0. The van der Waals surface area contributed by atoms with Gasteiger partial charge in [0.2, 0.25) is 0 Å². The van der Waals surface area contributed by atoms with Crippen molar-refractivity contribution >= 4 is 27.3 Å². The normalized spacial score (nSPS) is 10.8. The largest absolute Gasteiger partial charge is 0.497 e. The van der Waals surface area contributed by atoms with Crippen LogP contribution in [0.25, 0.3) is 10.2 Å². The van der Waals surface area contributed by atoms with E-state index in [0.29, 0.717) is 5.56 Å². The molecule has 0 aliphatic rings. The minimum absolute atomic E-state index is 0.0461. The summed E-state index contributed by atoms with van der Waals surface area (Å²) in [5, 5.41) is 2.99. The molecule has 3 aromatic rings. The number of benzene rings is 1. The second kappa shape index (κ2) is 4.55. The topological polar surface area (TPSA) is 42.1 Å². The lowest BCUT2D eigenvalue weighted by Crippen LogP contribution is -2.02. The van der Waals surface area contributed by atoms with Crippen molar-refractivity contribution in [3.63, 3.8) is 0 Å². The molecule has 3 nitrogen and oxygen atoms in total. The van der Waals surface area contributed by atoms with Crippen LogP contribution in [0.1, 0.15) is 21.6 Å². The van der Waals surface area contributed by atoms with Gasteiger partial charge in [0.1, 0.15) is 10.6 Å². The van der Waals surface area contributed by atoms with Gasteiger partial charge in [-0.05, 0) is 42.6 Å². The van der Waals surface area contributed by atoms with Gasteiger partial charge in [-0.2, -0.15) is 0 Å². The number of H-pyrrole nitrogens is 1. The minimum atomic E-state index is 0.0461. The molecule has 2 heterocycles. The van der Waals surface area contributed by atoms with Crippen LogP contribution < -0.4 is 4.74 Å². The van der Waals surface area contributed by atoms with Gasteiger partial charge >= 0.3 is 0 Å². The fraction of sp³-hybridized carbons (Fsp3) is 0.133. The molecular formula is C15H13NO2S. The quantitative estimate of drug-likeness (QED) is 0.737. The van der Waals surface area contributed by atoms with Crippen LogP contribution in [0.15, 0.2) is 35.7 Å². The molecule has 1 aromatic carbocycles. The standard InChI is InChI=1S/C15H13NO2S/c1-9-13(12-7-8-19-15(12)16-9)14(17)10-3-5-11(18-2)6-4-10/h3-8,16H,1-2H3. The van der Waals surface area contributed by atoms with E-state index >= 15 is 0 Å². The highest BCUT2D eigenvalue weighted by Gasteiger charge is 2.18. The van der Waals surface area contributed by atoms with E-state index < -0.39 is 0 Å². The van der Waals surface area contributed by atoms with E-state index in [0.717, 1.165) is 27.2 Å². The Balaban J connectivity index is 2.07. The van der Waals surface area contributed by atoms with Crippen LogP contribution in [0.2, 0.25) is 0 Å². The first kappa shape index (κ1) is 12.0. The number of carbonyl (C=O) groups is 1. The molecule has 0 aliphatic heterocycles. The van der Waals surface area contributed by atoms with Crippen molar-refractivity contribution in [1.82, 2.24) is 4.98 Å². The number of aromatic amines is 1. The van der Waals surface area contributed by atoms with Crippen molar-refractivity contribution in [2.45, 2.75) is 6.92 Å². The van der Waals surface area contributed by atoms with E-state index in [4.69, 9.17) is 4.74 Å². The molecule has 0 unspecified atom stereocenters. The average molecular weight is 271 g/mol. The summed E-state index contributed by atoms with van der Waals surface area (Å²) in [5.41, 5.74) is 2.36. The number of aryl methyl sites for hydroxylation is 1. The number of fused-ring (bicyclic) bond motifs is 1. The molecule has 96 valence electrons. The maximum absolute atomic E-state index is 12.6. The Bertz CT molecular complexity index is 737. The number of methoxy groups -OCH3 is 1. The van der Waals surface area contributed by atoms with Crippen LogP contribution in [0.5, 0.6) is 5.75 Å². The molecule has 0 spiro atoms.